The maximum absolute atomic E-state index is 11.6. The van der Waals surface area contributed by atoms with Crippen LogP contribution in [0.5, 0.6) is 0 Å². The minimum absolute atomic E-state index is 0.297. The van der Waals surface area contributed by atoms with Gasteiger partial charge < -0.3 is 10.1 Å². The number of hydrogen-bond acceptors (Lipinski definition) is 3. The Kier molecular flexibility index (Phi) is 6.82. The third-order valence-corrected chi connectivity index (χ3v) is 2.53. The van der Waals surface area contributed by atoms with E-state index >= 15 is 0 Å². The van der Waals surface area contributed by atoms with Crippen molar-refractivity contribution in [1.29, 1.82) is 0 Å². The number of allylic oxidation sites excluding steroid dienone is 3. The van der Waals surface area contributed by atoms with E-state index in [0.717, 1.165) is 6.42 Å². The number of nitrogens with one attached hydrogen (secondary N) is 1. The minimum Gasteiger partial charge on any atom is -0.452 e. The topological polar surface area (TPSA) is 55.4 Å². The molecule has 1 N–H and O–H groups in total. The van der Waals surface area contributed by atoms with Crippen LogP contribution in [0.25, 0.3) is 0 Å². The molecular formula is C16H19NO3. The number of hydrogen-bond donors (Lipinski definition) is 1. The van der Waals surface area contributed by atoms with Crippen LogP contribution in [0, 0.1) is 0 Å². The molecule has 106 valence electrons. The summed E-state index contributed by atoms with van der Waals surface area (Å²) in [4.78, 5) is 22.8. The zero-order valence-electron chi connectivity index (χ0n) is 11.8. The molecule has 0 saturated carbocycles. The number of anilines is 1. The molecule has 0 atom stereocenters. The van der Waals surface area contributed by atoms with Crippen molar-refractivity contribution in [3.05, 3.63) is 54.1 Å². The zero-order valence-corrected chi connectivity index (χ0v) is 11.8. The highest BCUT2D eigenvalue weighted by Crippen LogP contribution is 2.09. The first-order valence-corrected chi connectivity index (χ1v) is 6.50. The number of ether oxygens (including phenoxy) is 1. The molecule has 0 aliphatic rings. The van der Waals surface area contributed by atoms with Crippen LogP contribution in [0.1, 0.15) is 19.4 Å². The molecule has 1 rings (SSSR count). The molecule has 0 aliphatic heterocycles. The van der Waals surface area contributed by atoms with Gasteiger partial charge in [-0.25, -0.2) is 4.79 Å². The van der Waals surface area contributed by atoms with Crippen LogP contribution >= 0.6 is 0 Å². The molecule has 4 heteroatoms. The monoisotopic (exact) mass is 273 g/mol. The van der Waals surface area contributed by atoms with E-state index in [4.69, 9.17) is 4.74 Å². The van der Waals surface area contributed by atoms with E-state index in [2.05, 4.69) is 12.2 Å². The maximum Gasteiger partial charge on any atom is 0.331 e. The zero-order chi connectivity index (χ0) is 14.8. The van der Waals surface area contributed by atoms with Gasteiger partial charge in [0.15, 0.2) is 6.61 Å². The fraction of sp³-hybridized carbons (Fsp3) is 0.250. The lowest BCUT2D eigenvalue weighted by Gasteiger charge is -2.06. The SMILES string of the molecule is C/C=C/C=C/C(=O)OCC(=O)Nc1ccc(CC)cc1. The number of esters is 1. The van der Waals surface area contributed by atoms with Crippen molar-refractivity contribution < 1.29 is 14.3 Å². The van der Waals surface area contributed by atoms with E-state index in [1.807, 2.05) is 31.2 Å². The van der Waals surface area contributed by atoms with Gasteiger partial charge in [-0.3, -0.25) is 4.79 Å². The third kappa shape index (κ3) is 6.00. The van der Waals surface area contributed by atoms with Gasteiger partial charge in [-0.15, -0.1) is 0 Å². The summed E-state index contributed by atoms with van der Waals surface area (Å²) in [6.07, 6.45) is 7.27. The summed E-state index contributed by atoms with van der Waals surface area (Å²) < 4.78 is 4.80. The highest BCUT2D eigenvalue weighted by molar-refractivity contribution is 5.93. The molecule has 0 aliphatic carbocycles. The van der Waals surface area contributed by atoms with Gasteiger partial charge in [0.2, 0.25) is 0 Å². The molecular weight excluding hydrogens is 254 g/mol. The normalized spacial score (nSPS) is 10.9. The summed E-state index contributed by atoms with van der Waals surface area (Å²) in [5.74, 6) is -0.901. The number of carbonyl (C=O) groups excluding carboxylic acids is 2. The van der Waals surface area contributed by atoms with Crippen LogP contribution in [0.15, 0.2) is 48.6 Å². The number of aryl methyl sites for hydroxylation is 1. The summed E-state index contributed by atoms with van der Waals surface area (Å²) >= 11 is 0. The first-order chi connectivity index (χ1) is 9.65. The molecule has 0 unspecified atom stereocenters. The third-order valence-electron chi connectivity index (χ3n) is 2.53. The number of rotatable bonds is 6. The predicted octanol–water partition coefficient (Wildman–Crippen LogP) is 2.86. The van der Waals surface area contributed by atoms with Crippen LogP contribution in [-0.2, 0) is 20.7 Å². The van der Waals surface area contributed by atoms with Crippen molar-refractivity contribution >= 4 is 17.6 Å². The lowest BCUT2D eigenvalue weighted by molar-refractivity contribution is -0.142. The molecule has 0 bridgehead atoms. The van der Waals surface area contributed by atoms with Crippen molar-refractivity contribution in [2.45, 2.75) is 20.3 Å². The molecule has 0 fully saturated rings. The first-order valence-electron chi connectivity index (χ1n) is 6.50. The molecule has 0 saturated heterocycles. The largest absolute Gasteiger partial charge is 0.452 e. The van der Waals surface area contributed by atoms with E-state index in [1.54, 1.807) is 18.2 Å². The van der Waals surface area contributed by atoms with Crippen molar-refractivity contribution in [2.24, 2.45) is 0 Å². The van der Waals surface area contributed by atoms with Crippen molar-refractivity contribution in [2.75, 3.05) is 11.9 Å². The smallest absolute Gasteiger partial charge is 0.331 e. The molecule has 0 heterocycles. The quantitative estimate of drug-likeness (QED) is 0.492. The predicted molar refractivity (Wildman–Crippen MR) is 79.4 cm³/mol. The first kappa shape index (κ1) is 15.7. The Labute approximate surface area is 119 Å². The molecule has 0 spiro atoms. The number of carbonyl (C=O) groups is 2. The van der Waals surface area contributed by atoms with Crippen molar-refractivity contribution in [3.8, 4) is 0 Å². The van der Waals surface area contributed by atoms with E-state index in [0.29, 0.717) is 5.69 Å². The summed E-state index contributed by atoms with van der Waals surface area (Å²) in [6.45, 7) is 3.61. The number of amides is 1. The van der Waals surface area contributed by atoms with E-state index < -0.39 is 5.97 Å². The fourth-order valence-electron chi connectivity index (χ4n) is 1.45. The van der Waals surface area contributed by atoms with Crippen LogP contribution in [0.3, 0.4) is 0 Å². The van der Waals surface area contributed by atoms with Gasteiger partial charge in [-0.1, -0.05) is 37.3 Å². The Morgan fingerprint density at radius 2 is 1.90 bits per heavy atom. The Morgan fingerprint density at radius 3 is 2.50 bits per heavy atom. The van der Waals surface area contributed by atoms with Crippen LogP contribution in [-0.4, -0.2) is 18.5 Å². The fourth-order valence-corrected chi connectivity index (χ4v) is 1.45. The Morgan fingerprint density at radius 1 is 1.20 bits per heavy atom. The second kappa shape index (κ2) is 8.69. The molecule has 0 radical (unpaired) electrons. The average molecular weight is 273 g/mol. The second-order valence-corrected chi connectivity index (χ2v) is 4.09. The Balaban J connectivity index is 2.37. The standard InChI is InChI=1S/C16H19NO3/c1-3-5-6-7-16(19)20-12-15(18)17-14-10-8-13(4-2)9-11-14/h3,5-11H,4,12H2,1-2H3,(H,17,18)/b5-3+,7-6+. The van der Waals surface area contributed by atoms with Gasteiger partial charge >= 0.3 is 5.97 Å². The van der Waals surface area contributed by atoms with Gasteiger partial charge in [0, 0.05) is 11.8 Å². The van der Waals surface area contributed by atoms with Crippen molar-refractivity contribution in [1.82, 2.24) is 0 Å². The highest BCUT2D eigenvalue weighted by atomic mass is 16.5. The molecule has 1 aromatic carbocycles. The van der Waals surface area contributed by atoms with Crippen LogP contribution in [0.4, 0.5) is 5.69 Å². The van der Waals surface area contributed by atoms with E-state index in [9.17, 15) is 9.59 Å². The van der Waals surface area contributed by atoms with Crippen molar-refractivity contribution in [3.63, 3.8) is 0 Å². The molecule has 1 aromatic rings. The minimum atomic E-state index is -0.542. The summed E-state index contributed by atoms with van der Waals surface area (Å²) in [5, 5.41) is 2.66. The van der Waals surface area contributed by atoms with Gasteiger partial charge in [-0.05, 0) is 31.0 Å². The summed E-state index contributed by atoms with van der Waals surface area (Å²) in [6, 6.07) is 7.54. The van der Waals surface area contributed by atoms with Gasteiger partial charge in [-0.2, -0.15) is 0 Å². The average Bonchev–Trinajstić information content (AvgIpc) is 2.46. The molecule has 1 amide bonds. The molecule has 4 nitrogen and oxygen atoms in total. The highest BCUT2D eigenvalue weighted by Gasteiger charge is 2.05. The van der Waals surface area contributed by atoms with Crippen LogP contribution in [0.2, 0.25) is 0 Å². The lowest BCUT2D eigenvalue weighted by Crippen LogP contribution is -2.20. The molecule has 0 aromatic heterocycles. The van der Waals surface area contributed by atoms with E-state index in [1.165, 1.54) is 11.6 Å². The lowest BCUT2D eigenvalue weighted by atomic mass is 10.1. The summed E-state index contributed by atoms with van der Waals surface area (Å²) in [5.41, 5.74) is 1.89. The van der Waals surface area contributed by atoms with Gasteiger partial charge in [0.25, 0.3) is 5.91 Å². The molecule has 20 heavy (non-hydrogen) atoms. The maximum atomic E-state index is 11.6. The second-order valence-electron chi connectivity index (χ2n) is 4.09. The summed E-state index contributed by atoms with van der Waals surface area (Å²) in [7, 11) is 0. The Bertz CT molecular complexity index is 501. The Hall–Kier alpha value is -2.36. The van der Waals surface area contributed by atoms with Gasteiger partial charge in [0.1, 0.15) is 0 Å². The van der Waals surface area contributed by atoms with Gasteiger partial charge in [0.05, 0.1) is 0 Å². The van der Waals surface area contributed by atoms with E-state index in [-0.39, 0.29) is 12.5 Å². The van der Waals surface area contributed by atoms with Crippen LogP contribution < -0.4 is 5.32 Å². The number of benzene rings is 1.